The maximum Gasteiger partial charge on any atom is 0.408 e. The van der Waals surface area contributed by atoms with Crippen LogP contribution in [0.15, 0.2) is 73.1 Å². The van der Waals surface area contributed by atoms with Crippen molar-refractivity contribution < 1.29 is 14.3 Å². The van der Waals surface area contributed by atoms with Crippen molar-refractivity contribution in [1.29, 1.82) is 0 Å². The molecule has 1 fully saturated rings. The smallest absolute Gasteiger partial charge is 0.408 e. The first-order chi connectivity index (χ1) is 12.8. The number of pyridine rings is 1. The average molecular weight is 346 g/mol. The fraction of sp³-hybridized carbons (Fsp3) is 0.143. The van der Waals surface area contributed by atoms with Crippen molar-refractivity contribution in [1.82, 2.24) is 10.3 Å². The molecule has 0 unspecified atom stereocenters. The maximum absolute atomic E-state index is 12.0. The number of nitrogens with one attached hydrogen (secondary N) is 1. The number of cyclic esters (lactones) is 1. The van der Waals surface area contributed by atoms with Gasteiger partial charge in [-0.1, -0.05) is 48.5 Å². The summed E-state index contributed by atoms with van der Waals surface area (Å²) in [5.74, 6) is 0.686. The summed E-state index contributed by atoms with van der Waals surface area (Å²) in [6.45, 7) is 0. The Hall–Kier alpha value is -3.34. The van der Waals surface area contributed by atoms with Gasteiger partial charge in [0, 0.05) is 23.5 Å². The topological polar surface area (TPSA) is 60.5 Å². The highest BCUT2D eigenvalue weighted by Gasteiger charge is 2.38. The van der Waals surface area contributed by atoms with Crippen molar-refractivity contribution in [3.63, 3.8) is 0 Å². The summed E-state index contributed by atoms with van der Waals surface area (Å²) in [5.41, 5.74) is 3.76. The van der Waals surface area contributed by atoms with Gasteiger partial charge in [-0.3, -0.25) is 4.98 Å². The highest BCUT2D eigenvalue weighted by molar-refractivity contribution is 5.72. The van der Waals surface area contributed by atoms with E-state index in [9.17, 15) is 4.79 Å². The monoisotopic (exact) mass is 346 g/mol. The number of nitrogens with zero attached hydrogens (tertiary/aromatic N) is 1. The number of benzene rings is 2. The number of hydrogen-bond donors (Lipinski definition) is 1. The Balaban J connectivity index is 1.73. The van der Waals surface area contributed by atoms with Crippen LogP contribution in [0.5, 0.6) is 5.75 Å². The highest BCUT2D eigenvalue weighted by Crippen LogP contribution is 2.40. The van der Waals surface area contributed by atoms with Gasteiger partial charge in [0.25, 0.3) is 0 Å². The summed E-state index contributed by atoms with van der Waals surface area (Å²) in [6, 6.07) is 19.3. The maximum atomic E-state index is 12.0. The van der Waals surface area contributed by atoms with Gasteiger partial charge < -0.3 is 14.8 Å². The van der Waals surface area contributed by atoms with Gasteiger partial charge in [0.2, 0.25) is 0 Å². The lowest BCUT2D eigenvalue weighted by Gasteiger charge is -2.20. The molecule has 1 saturated heterocycles. The third-order valence-electron chi connectivity index (χ3n) is 4.48. The van der Waals surface area contributed by atoms with Crippen molar-refractivity contribution in [3.8, 4) is 16.9 Å². The molecular formula is C21H18N2O3. The van der Waals surface area contributed by atoms with E-state index in [4.69, 9.17) is 9.47 Å². The predicted molar refractivity (Wildman–Crippen MR) is 97.8 cm³/mol. The molecular weight excluding hydrogens is 328 g/mol. The summed E-state index contributed by atoms with van der Waals surface area (Å²) in [5, 5.41) is 2.89. The second-order valence-corrected chi connectivity index (χ2v) is 6.06. The third-order valence-corrected chi connectivity index (χ3v) is 4.48. The van der Waals surface area contributed by atoms with Crippen molar-refractivity contribution in [2.24, 2.45) is 0 Å². The Morgan fingerprint density at radius 2 is 1.77 bits per heavy atom. The lowest BCUT2D eigenvalue weighted by atomic mass is 9.95. The summed E-state index contributed by atoms with van der Waals surface area (Å²) in [6.07, 6.45) is 2.64. The van der Waals surface area contributed by atoms with Crippen molar-refractivity contribution in [2.45, 2.75) is 12.1 Å². The summed E-state index contributed by atoms with van der Waals surface area (Å²) < 4.78 is 11.0. The summed E-state index contributed by atoms with van der Waals surface area (Å²) >= 11 is 0. The minimum absolute atomic E-state index is 0.338. The van der Waals surface area contributed by atoms with Gasteiger partial charge in [-0.25, -0.2) is 4.79 Å². The molecule has 1 N–H and O–H groups in total. The van der Waals surface area contributed by atoms with Gasteiger partial charge in [0.05, 0.1) is 7.11 Å². The first kappa shape index (κ1) is 16.1. The molecule has 2 heterocycles. The predicted octanol–water partition coefficient (Wildman–Crippen LogP) is 4.28. The molecule has 5 nitrogen and oxygen atoms in total. The molecule has 26 heavy (non-hydrogen) atoms. The summed E-state index contributed by atoms with van der Waals surface area (Å²) in [7, 11) is 1.61. The molecule has 4 rings (SSSR count). The molecule has 5 heteroatoms. The molecule has 130 valence electrons. The van der Waals surface area contributed by atoms with E-state index < -0.39 is 12.2 Å². The lowest BCUT2D eigenvalue weighted by Crippen LogP contribution is -2.20. The fourth-order valence-corrected chi connectivity index (χ4v) is 3.24. The van der Waals surface area contributed by atoms with E-state index in [0.29, 0.717) is 5.75 Å². The second-order valence-electron chi connectivity index (χ2n) is 6.06. The van der Waals surface area contributed by atoms with Crippen LogP contribution < -0.4 is 10.1 Å². The molecule has 3 aromatic rings. The number of alkyl carbamates (subject to hydrolysis) is 1. The van der Waals surface area contributed by atoms with Crippen molar-refractivity contribution in [2.75, 3.05) is 7.11 Å². The molecule has 0 radical (unpaired) electrons. The number of hydrogen-bond acceptors (Lipinski definition) is 4. The van der Waals surface area contributed by atoms with Crippen LogP contribution in [0.3, 0.4) is 0 Å². The number of amides is 1. The fourth-order valence-electron chi connectivity index (χ4n) is 3.24. The van der Waals surface area contributed by atoms with E-state index >= 15 is 0 Å². The van der Waals surface area contributed by atoms with Gasteiger partial charge in [0.1, 0.15) is 11.8 Å². The zero-order valence-corrected chi connectivity index (χ0v) is 14.3. The molecule has 1 aliphatic heterocycles. The first-order valence-electron chi connectivity index (χ1n) is 8.36. The zero-order chi connectivity index (χ0) is 17.9. The second kappa shape index (κ2) is 6.88. The van der Waals surface area contributed by atoms with Crippen molar-refractivity contribution >= 4 is 6.09 Å². The molecule has 0 aliphatic carbocycles. The minimum Gasteiger partial charge on any atom is -0.496 e. The molecule has 1 aromatic heterocycles. The van der Waals surface area contributed by atoms with E-state index in [-0.39, 0.29) is 6.04 Å². The van der Waals surface area contributed by atoms with Gasteiger partial charge in [0.15, 0.2) is 6.10 Å². The molecule has 2 atom stereocenters. The number of rotatable bonds is 4. The normalized spacial score (nSPS) is 18.9. The molecule has 0 bridgehead atoms. The van der Waals surface area contributed by atoms with E-state index in [1.54, 1.807) is 13.3 Å². The van der Waals surface area contributed by atoms with Crippen LogP contribution in [-0.2, 0) is 4.74 Å². The van der Waals surface area contributed by atoms with Gasteiger partial charge in [-0.15, -0.1) is 0 Å². The number of carbonyl (C=O) groups excluding carboxylic acids is 1. The Morgan fingerprint density at radius 3 is 2.58 bits per heavy atom. The van der Waals surface area contributed by atoms with E-state index in [1.807, 2.05) is 66.9 Å². The van der Waals surface area contributed by atoms with Crippen LogP contribution in [-0.4, -0.2) is 18.2 Å². The first-order valence-corrected chi connectivity index (χ1v) is 8.36. The Morgan fingerprint density at radius 1 is 1.00 bits per heavy atom. The van der Waals surface area contributed by atoms with E-state index in [1.165, 1.54) is 0 Å². The Labute approximate surface area is 151 Å². The summed E-state index contributed by atoms with van der Waals surface area (Å²) in [4.78, 5) is 16.3. The van der Waals surface area contributed by atoms with Crippen LogP contribution in [0.4, 0.5) is 4.79 Å². The lowest BCUT2D eigenvalue weighted by molar-refractivity contribution is 0.130. The van der Waals surface area contributed by atoms with Crippen molar-refractivity contribution in [3.05, 3.63) is 84.2 Å². The van der Waals surface area contributed by atoms with Crippen LogP contribution >= 0.6 is 0 Å². The number of para-hydroxylation sites is 1. The van der Waals surface area contributed by atoms with Crippen LogP contribution in [0.25, 0.3) is 11.1 Å². The van der Waals surface area contributed by atoms with Crippen LogP contribution in [0.1, 0.15) is 23.3 Å². The van der Waals surface area contributed by atoms with E-state index in [0.717, 1.165) is 22.3 Å². The van der Waals surface area contributed by atoms with Crippen LogP contribution in [0, 0.1) is 0 Å². The Bertz CT molecular complexity index is 927. The SMILES string of the molecule is COc1ccccc1[C@H]1OC(=O)N[C@H]1c1cncc(-c2ccccc2)c1. The molecule has 1 amide bonds. The van der Waals surface area contributed by atoms with Gasteiger partial charge in [-0.2, -0.15) is 0 Å². The van der Waals surface area contributed by atoms with Gasteiger partial charge >= 0.3 is 6.09 Å². The number of carbonyl (C=O) groups is 1. The third kappa shape index (κ3) is 2.99. The largest absolute Gasteiger partial charge is 0.496 e. The molecule has 1 aliphatic rings. The number of ether oxygens (including phenoxy) is 2. The standard InChI is InChI=1S/C21H18N2O3/c1-25-18-10-6-5-9-17(18)20-19(23-21(24)26-20)16-11-15(12-22-13-16)14-7-3-2-4-8-14/h2-13,19-20H,1H3,(H,23,24)/t19-,20+/m0/s1. The average Bonchev–Trinajstić information content (AvgIpc) is 3.10. The molecule has 0 saturated carbocycles. The van der Waals surface area contributed by atoms with Gasteiger partial charge in [-0.05, 0) is 23.3 Å². The molecule has 0 spiro atoms. The van der Waals surface area contributed by atoms with Crippen LogP contribution in [0.2, 0.25) is 0 Å². The quantitative estimate of drug-likeness (QED) is 0.766. The minimum atomic E-state index is -0.480. The van der Waals surface area contributed by atoms with E-state index in [2.05, 4.69) is 10.3 Å². The molecule has 2 aromatic carbocycles. The number of aromatic nitrogens is 1. The number of methoxy groups -OCH3 is 1. The highest BCUT2D eigenvalue weighted by atomic mass is 16.6. The zero-order valence-electron chi connectivity index (χ0n) is 14.3. The Kier molecular flexibility index (Phi) is 4.27.